The fraction of sp³-hybridized carbons (Fsp3) is 0.500. The zero-order valence-corrected chi connectivity index (χ0v) is 10.1. The number of nitrogens with one attached hydrogen (secondary N) is 1. The Morgan fingerprint density at radius 1 is 1.47 bits per heavy atom. The molecule has 1 fully saturated rings. The van der Waals surface area contributed by atoms with Gasteiger partial charge >= 0.3 is 0 Å². The number of nitrogens with zero attached hydrogens (tertiary/aromatic N) is 1. The van der Waals surface area contributed by atoms with Crippen LogP contribution in [0.3, 0.4) is 0 Å². The van der Waals surface area contributed by atoms with Gasteiger partial charge in [0, 0.05) is 30.3 Å². The van der Waals surface area contributed by atoms with Crippen LogP contribution in [-0.2, 0) is 6.54 Å². The van der Waals surface area contributed by atoms with Gasteiger partial charge < -0.3 is 10.1 Å². The van der Waals surface area contributed by atoms with Crippen molar-refractivity contribution in [2.24, 2.45) is 0 Å². The first-order valence-electron chi connectivity index (χ1n) is 5.98. The first-order valence-corrected chi connectivity index (χ1v) is 5.98. The van der Waals surface area contributed by atoms with Crippen LogP contribution in [0.25, 0.3) is 0 Å². The van der Waals surface area contributed by atoms with E-state index in [9.17, 15) is 18.9 Å². The average Bonchev–Trinajstić information content (AvgIpc) is 3.18. The number of hydrogen-bond acceptors (Lipinski definition) is 4. The molecule has 2 rings (SSSR count). The average molecular weight is 272 g/mol. The molecule has 1 saturated carbocycles. The van der Waals surface area contributed by atoms with E-state index in [0.717, 1.165) is 12.8 Å². The van der Waals surface area contributed by atoms with Gasteiger partial charge in [0.15, 0.2) is 0 Å². The Balaban J connectivity index is 2.11. The minimum Gasteiger partial charge on any atom is -0.487 e. The summed E-state index contributed by atoms with van der Waals surface area (Å²) in [7, 11) is 0. The predicted octanol–water partition coefficient (Wildman–Crippen LogP) is 2.49. The van der Waals surface area contributed by atoms with Gasteiger partial charge in [-0.15, -0.1) is 0 Å². The van der Waals surface area contributed by atoms with Gasteiger partial charge in [-0.2, -0.15) is 0 Å². The molecule has 5 nitrogen and oxygen atoms in total. The standard InChI is InChI=1S/C12H14F2N2O3/c13-12(14)7-19-11-4-3-10(16(17)18)5-8(11)6-15-9-1-2-9/h3-5,9,12,15H,1-2,6-7H2. The van der Waals surface area contributed by atoms with Crippen molar-refractivity contribution in [2.45, 2.75) is 31.9 Å². The number of ether oxygens (including phenoxy) is 1. The van der Waals surface area contributed by atoms with Crippen molar-refractivity contribution in [3.63, 3.8) is 0 Å². The monoisotopic (exact) mass is 272 g/mol. The first kappa shape index (κ1) is 13.7. The van der Waals surface area contributed by atoms with E-state index in [4.69, 9.17) is 4.74 Å². The number of hydrogen-bond donors (Lipinski definition) is 1. The second-order valence-electron chi connectivity index (χ2n) is 4.41. The first-order chi connectivity index (χ1) is 9.06. The summed E-state index contributed by atoms with van der Waals surface area (Å²) >= 11 is 0. The van der Waals surface area contributed by atoms with E-state index in [2.05, 4.69) is 5.32 Å². The molecule has 0 bridgehead atoms. The Hall–Kier alpha value is -1.76. The van der Waals surface area contributed by atoms with Crippen LogP contribution >= 0.6 is 0 Å². The van der Waals surface area contributed by atoms with E-state index >= 15 is 0 Å². The number of rotatable bonds is 7. The Morgan fingerprint density at radius 2 is 2.21 bits per heavy atom. The van der Waals surface area contributed by atoms with Crippen molar-refractivity contribution in [3.8, 4) is 5.75 Å². The molecule has 104 valence electrons. The second kappa shape index (κ2) is 5.92. The van der Waals surface area contributed by atoms with Gasteiger partial charge in [0.2, 0.25) is 0 Å². The molecule has 0 heterocycles. The van der Waals surface area contributed by atoms with Crippen molar-refractivity contribution >= 4 is 5.69 Å². The molecule has 0 atom stereocenters. The molecule has 19 heavy (non-hydrogen) atoms. The van der Waals surface area contributed by atoms with Crippen LogP contribution in [-0.4, -0.2) is 24.0 Å². The highest BCUT2D eigenvalue weighted by Gasteiger charge is 2.21. The van der Waals surface area contributed by atoms with Crippen LogP contribution in [0.5, 0.6) is 5.75 Å². The molecule has 0 radical (unpaired) electrons. The van der Waals surface area contributed by atoms with Crippen LogP contribution < -0.4 is 10.1 Å². The highest BCUT2D eigenvalue weighted by molar-refractivity contribution is 5.43. The van der Waals surface area contributed by atoms with Gasteiger partial charge in [-0.05, 0) is 18.9 Å². The topological polar surface area (TPSA) is 64.4 Å². The van der Waals surface area contributed by atoms with Crippen molar-refractivity contribution in [1.29, 1.82) is 0 Å². The molecule has 0 spiro atoms. The summed E-state index contributed by atoms with van der Waals surface area (Å²) in [4.78, 5) is 10.2. The lowest BCUT2D eigenvalue weighted by atomic mass is 10.1. The molecule has 0 amide bonds. The summed E-state index contributed by atoms with van der Waals surface area (Å²) in [5.41, 5.74) is 0.457. The summed E-state index contributed by atoms with van der Waals surface area (Å²) in [6.45, 7) is -0.334. The molecule has 1 aliphatic carbocycles. The summed E-state index contributed by atoms with van der Waals surface area (Å²) < 4.78 is 29.2. The molecule has 7 heteroatoms. The van der Waals surface area contributed by atoms with E-state index in [1.165, 1.54) is 18.2 Å². The molecule has 0 aliphatic heterocycles. The number of halogens is 2. The van der Waals surface area contributed by atoms with E-state index in [1.807, 2.05) is 0 Å². The smallest absolute Gasteiger partial charge is 0.272 e. The maximum Gasteiger partial charge on any atom is 0.272 e. The SMILES string of the molecule is O=[N+]([O-])c1ccc(OCC(F)F)c(CNC2CC2)c1. The van der Waals surface area contributed by atoms with Gasteiger partial charge in [0.1, 0.15) is 12.4 Å². The number of benzene rings is 1. The number of non-ortho nitro benzene ring substituents is 1. The molecule has 0 unspecified atom stereocenters. The number of nitro groups is 1. The lowest BCUT2D eigenvalue weighted by molar-refractivity contribution is -0.384. The minimum atomic E-state index is -2.57. The Labute approximate surface area is 108 Å². The van der Waals surface area contributed by atoms with E-state index in [0.29, 0.717) is 18.2 Å². The highest BCUT2D eigenvalue weighted by Crippen LogP contribution is 2.26. The molecule has 1 N–H and O–H groups in total. The van der Waals surface area contributed by atoms with Gasteiger partial charge in [-0.25, -0.2) is 8.78 Å². The van der Waals surface area contributed by atoms with Crippen LogP contribution in [0.1, 0.15) is 18.4 Å². The quantitative estimate of drug-likeness (QED) is 0.611. The maximum absolute atomic E-state index is 12.1. The Morgan fingerprint density at radius 3 is 2.79 bits per heavy atom. The third-order valence-electron chi connectivity index (χ3n) is 2.78. The number of alkyl halides is 2. The third-order valence-corrected chi connectivity index (χ3v) is 2.78. The Bertz CT molecular complexity index is 464. The summed E-state index contributed by atoms with van der Waals surface area (Å²) in [5, 5.41) is 13.9. The lowest BCUT2D eigenvalue weighted by Crippen LogP contribution is -2.17. The number of nitro benzene ring substituents is 1. The highest BCUT2D eigenvalue weighted by atomic mass is 19.3. The fourth-order valence-corrected chi connectivity index (χ4v) is 1.65. The molecule has 0 saturated heterocycles. The summed E-state index contributed by atoms with van der Waals surface area (Å²) in [6.07, 6.45) is -0.427. The fourth-order valence-electron chi connectivity index (χ4n) is 1.65. The van der Waals surface area contributed by atoms with E-state index in [1.54, 1.807) is 0 Å². The van der Waals surface area contributed by atoms with Crippen molar-refractivity contribution in [2.75, 3.05) is 6.61 Å². The second-order valence-corrected chi connectivity index (χ2v) is 4.41. The third kappa shape index (κ3) is 4.13. The molecular formula is C12H14F2N2O3. The Kier molecular flexibility index (Phi) is 4.26. The van der Waals surface area contributed by atoms with Crippen molar-refractivity contribution in [3.05, 3.63) is 33.9 Å². The largest absolute Gasteiger partial charge is 0.487 e. The van der Waals surface area contributed by atoms with Crippen LogP contribution in [0.15, 0.2) is 18.2 Å². The van der Waals surface area contributed by atoms with Crippen LogP contribution in [0.2, 0.25) is 0 Å². The molecule has 1 aromatic rings. The van der Waals surface area contributed by atoms with Crippen LogP contribution in [0, 0.1) is 10.1 Å². The summed E-state index contributed by atoms with van der Waals surface area (Å²) in [6, 6.07) is 4.39. The van der Waals surface area contributed by atoms with Crippen molar-refractivity contribution < 1.29 is 18.4 Å². The predicted molar refractivity (Wildman–Crippen MR) is 64.5 cm³/mol. The van der Waals surface area contributed by atoms with Gasteiger partial charge in [0.25, 0.3) is 12.1 Å². The van der Waals surface area contributed by atoms with Gasteiger partial charge in [-0.3, -0.25) is 10.1 Å². The zero-order chi connectivity index (χ0) is 13.8. The minimum absolute atomic E-state index is 0.0722. The van der Waals surface area contributed by atoms with E-state index < -0.39 is 18.0 Å². The summed E-state index contributed by atoms with van der Waals surface area (Å²) in [5.74, 6) is 0.263. The molecular weight excluding hydrogens is 258 g/mol. The molecule has 1 aliphatic rings. The molecule has 1 aromatic carbocycles. The van der Waals surface area contributed by atoms with E-state index in [-0.39, 0.29) is 11.4 Å². The molecule has 0 aromatic heterocycles. The van der Waals surface area contributed by atoms with Crippen molar-refractivity contribution in [1.82, 2.24) is 5.32 Å². The maximum atomic E-state index is 12.1. The van der Waals surface area contributed by atoms with Gasteiger partial charge in [0.05, 0.1) is 4.92 Å². The van der Waals surface area contributed by atoms with Crippen LogP contribution in [0.4, 0.5) is 14.5 Å². The van der Waals surface area contributed by atoms with Gasteiger partial charge in [-0.1, -0.05) is 0 Å². The zero-order valence-electron chi connectivity index (χ0n) is 10.1. The normalized spacial score (nSPS) is 14.7. The lowest BCUT2D eigenvalue weighted by Gasteiger charge is -2.11.